The second-order valence-electron chi connectivity index (χ2n) is 6.63. The van der Waals surface area contributed by atoms with Crippen LogP contribution >= 0.6 is 0 Å². The number of rotatable bonds is 2. The topological polar surface area (TPSA) is 44.9 Å². The fourth-order valence-corrected chi connectivity index (χ4v) is 3.66. The lowest BCUT2D eigenvalue weighted by Gasteiger charge is -2.30. The molecular weight excluding hydrogens is 296 g/mol. The SMILES string of the molecule is CN1CCCC(c2cccc(-n3cnc4cc(C#N)ccc43)c2)C1. The van der Waals surface area contributed by atoms with E-state index in [1.807, 2.05) is 24.5 Å². The summed E-state index contributed by atoms with van der Waals surface area (Å²) in [5, 5.41) is 9.03. The molecule has 0 bridgehead atoms. The Labute approximate surface area is 142 Å². The quantitative estimate of drug-likeness (QED) is 0.724. The summed E-state index contributed by atoms with van der Waals surface area (Å²) in [5.41, 5.74) is 5.07. The first-order valence-electron chi connectivity index (χ1n) is 8.41. The number of fused-ring (bicyclic) bond motifs is 1. The fourth-order valence-electron chi connectivity index (χ4n) is 3.66. The molecule has 1 saturated heterocycles. The number of nitriles is 1. The predicted molar refractivity (Wildman–Crippen MR) is 95.3 cm³/mol. The Morgan fingerprint density at radius 3 is 2.96 bits per heavy atom. The molecule has 0 spiro atoms. The second-order valence-corrected chi connectivity index (χ2v) is 6.63. The highest BCUT2D eigenvalue weighted by molar-refractivity contribution is 5.78. The summed E-state index contributed by atoms with van der Waals surface area (Å²) in [4.78, 5) is 6.88. The van der Waals surface area contributed by atoms with Gasteiger partial charge in [0.1, 0.15) is 6.33 Å². The minimum absolute atomic E-state index is 0.601. The minimum Gasteiger partial charge on any atom is -0.306 e. The number of likely N-dealkylation sites (tertiary alicyclic amines) is 1. The zero-order valence-corrected chi connectivity index (χ0v) is 13.8. The Morgan fingerprint density at radius 1 is 1.21 bits per heavy atom. The molecule has 1 aliphatic rings. The van der Waals surface area contributed by atoms with E-state index in [0.717, 1.165) is 23.3 Å². The van der Waals surface area contributed by atoms with E-state index in [4.69, 9.17) is 5.26 Å². The highest BCUT2D eigenvalue weighted by atomic mass is 15.1. The predicted octanol–water partition coefficient (Wildman–Crippen LogP) is 3.71. The smallest absolute Gasteiger partial charge is 0.100 e. The maximum absolute atomic E-state index is 9.03. The van der Waals surface area contributed by atoms with E-state index in [-0.39, 0.29) is 0 Å². The van der Waals surface area contributed by atoms with Crippen LogP contribution in [0.5, 0.6) is 0 Å². The van der Waals surface area contributed by atoms with Crippen LogP contribution in [0.15, 0.2) is 48.8 Å². The Kier molecular flexibility index (Phi) is 3.79. The molecule has 120 valence electrons. The van der Waals surface area contributed by atoms with Gasteiger partial charge < -0.3 is 4.90 Å². The highest BCUT2D eigenvalue weighted by Gasteiger charge is 2.19. The number of imidazole rings is 1. The van der Waals surface area contributed by atoms with Crippen molar-refractivity contribution in [2.24, 2.45) is 0 Å². The van der Waals surface area contributed by atoms with Gasteiger partial charge >= 0.3 is 0 Å². The summed E-state index contributed by atoms with van der Waals surface area (Å²) in [7, 11) is 2.20. The van der Waals surface area contributed by atoms with Gasteiger partial charge in [0.2, 0.25) is 0 Å². The molecule has 0 N–H and O–H groups in total. The van der Waals surface area contributed by atoms with Crippen molar-refractivity contribution in [2.75, 3.05) is 20.1 Å². The lowest BCUT2D eigenvalue weighted by molar-refractivity contribution is 0.251. The van der Waals surface area contributed by atoms with Gasteiger partial charge in [-0.15, -0.1) is 0 Å². The van der Waals surface area contributed by atoms with Crippen LogP contribution in [0, 0.1) is 11.3 Å². The Hall–Kier alpha value is -2.64. The molecule has 1 aliphatic heterocycles. The molecule has 4 rings (SSSR count). The van der Waals surface area contributed by atoms with Gasteiger partial charge in [-0.25, -0.2) is 4.98 Å². The molecule has 24 heavy (non-hydrogen) atoms. The van der Waals surface area contributed by atoms with E-state index in [2.05, 4.69) is 51.8 Å². The number of aromatic nitrogens is 2. The summed E-state index contributed by atoms with van der Waals surface area (Å²) >= 11 is 0. The number of nitrogens with zero attached hydrogens (tertiary/aromatic N) is 4. The van der Waals surface area contributed by atoms with E-state index >= 15 is 0 Å². The molecule has 0 saturated carbocycles. The van der Waals surface area contributed by atoms with Crippen molar-refractivity contribution in [3.05, 3.63) is 59.9 Å². The third-order valence-corrected chi connectivity index (χ3v) is 4.92. The standard InChI is InChI=1S/C20H20N4/c1-23-9-3-5-17(13-23)16-4-2-6-18(11-16)24-14-22-19-10-15(12-21)7-8-20(19)24/h2,4,6-8,10-11,14,17H,3,5,9,13H2,1H3. The first kappa shape index (κ1) is 14.9. The van der Waals surface area contributed by atoms with Crippen molar-refractivity contribution in [3.63, 3.8) is 0 Å². The number of hydrogen-bond donors (Lipinski definition) is 0. The molecule has 2 aromatic carbocycles. The summed E-state index contributed by atoms with van der Waals surface area (Å²) < 4.78 is 2.10. The number of likely N-dealkylation sites (N-methyl/N-ethyl adjacent to an activating group) is 1. The molecule has 2 heterocycles. The lowest BCUT2D eigenvalue weighted by Crippen LogP contribution is -2.30. The first-order chi connectivity index (χ1) is 11.7. The van der Waals surface area contributed by atoms with Crippen molar-refractivity contribution in [3.8, 4) is 11.8 Å². The van der Waals surface area contributed by atoms with Crippen LogP contribution in [0.3, 0.4) is 0 Å². The molecule has 4 nitrogen and oxygen atoms in total. The summed E-state index contributed by atoms with van der Waals surface area (Å²) in [6.07, 6.45) is 4.36. The fraction of sp³-hybridized carbons (Fsp3) is 0.300. The van der Waals surface area contributed by atoms with Crippen molar-refractivity contribution in [2.45, 2.75) is 18.8 Å². The van der Waals surface area contributed by atoms with Crippen LogP contribution < -0.4 is 0 Å². The van der Waals surface area contributed by atoms with Gasteiger partial charge in [0.05, 0.1) is 22.7 Å². The van der Waals surface area contributed by atoms with Gasteiger partial charge in [-0.3, -0.25) is 4.57 Å². The molecule has 3 aromatic rings. The number of piperidine rings is 1. The van der Waals surface area contributed by atoms with Crippen LogP contribution in [-0.4, -0.2) is 34.6 Å². The van der Waals surface area contributed by atoms with Gasteiger partial charge in [-0.2, -0.15) is 5.26 Å². The van der Waals surface area contributed by atoms with E-state index in [1.165, 1.54) is 24.9 Å². The average Bonchev–Trinajstić information content (AvgIpc) is 3.05. The lowest BCUT2D eigenvalue weighted by atomic mass is 9.90. The Morgan fingerprint density at radius 2 is 2.12 bits per heavy atom. The molecule has 0 radical (unpaired) electrons. The summed E-state index contributed by atoms with van der Waals surface area (Å²) in [6.45, 7) is 2.32. The summed E-state index contributed by atoms with van der Waals surface area (Å²) in [6, 6.07) is 16.6. The molecule has 1 fully saturated rings. The van der Waals surface area contributed by atoms with Gasteiger partial charge in [0.25, 0.3) is 0 Å². The van der Waals surface area contributed by atoms with Crippen LogP contribution in [0.1, 0.15) is 29.9 Å². The van der Waals surface area contributed by atoms with E-state index in [0.29, 0.717) is 11.5 Å². The maximum atomic E-state index is 9.03. The van der Waals surface area contributed by atoms with Crippen LogP contribution in [0.2, 0.25) is 0 Å². The number of hydrogen-bond acceptors (Lipinski definition) is 3. The normalized spacial score (nSPS) is 18.6. The van der Waals surface area contributed by atoms with E-state index in [1.54, 1.807) is 0 Å². The Bertz CT molecular complexity index is 919. The van der Waals surface area contributed by atoms with Crippen LogP contribution in [0.4, 0.5) is 0 Å². The molecule has 1 aromatic heterocycles. The van der Waals surface area contributed by atoms with Crippen molar-refractivity contribution < 1.29 is 0 Å². The molecule has 1 unspecified atom stereocenters. The van der Waals surface area contributed by atoms with Gasteiger partial charge in [-0.05, 0) is 68.2 Å². The van der Waals surface area contributed by atoms with Gasteiger partial charge in [-0.1, -0.05) is 12.1 Å². The van der Waals surface area contributed by atoms with E-state index in [9.17, 15) is 0 Å². The summed E-state index contributed by atoms with van der Waals surface area (Å²) in [5.74, 6) is 0.601. The third-order valence-electron chi connectivity index (χ3n) is 4.92. The van der Waals surface area contributed by atoms with Gasteiger partial charge in [0.15, 0.2) is 0 Å². The minimum atomic E-state index is 0.601. The molecule has 0 aliphatic carbocycles. The van der Waals surface area contributed by atoms with E-state index < -0.39 is 0 Å². The molecule has 0 amide bonds. The first-order valence-corrected chi connectivity index (χ1v) is 8.41. The second kappa shape index (κ2) is 6.10. The molecule has 1 atom stereocenters. The van der Waals surface area contributed by atoms with Crippen LogP contribution in [0.25, 0.3) is 16.7 Å². The average molecular weight is 316 g/mol. The Balaban J connectivity index is 1.72. The van der Waals surface area contributed by atoms with Gasteiger partial charge in [0, 0.05) is 12.2 Å². The largest absolute Gasteiger partial charge is 0.306 e. The van der Waals surface area contributed by atoms with Crippen molar-refractivity contribution in [1.82, 2.24) is 14.5 Å². The zero-order chi connectivity index (χ0) is 16.5. The third kappa shape index (κ3) is 2.68. The monoisotopic (exact) mass is 316 g/mol. The maximum Gasteiger partial charge on any atom is 0.100 e. The molecular formula is C20H20N4. The van der Waals surface area contributed by atoms with Crippen molar-refractivity contribution in [1.29, 1.82) is 5.26 Å². The number of benzene rings is 2. The zero-order valence-electron chi connectivity index (χ0n) is 13.8. The highest BCUT2D eigenvalue weighted by Crippen LogP contribution is 2.28. The van der Waals surface area contributed by atoms with Crippen LogP contribution in [-0.2, 0) is 0 Å². The molecule has 4 heteroatoms. The van der Waals surface area contributed by atoms with Crippen molar-refractivity contribution >= 4 is 11.0 Å².